The largest absolute Gasteiger partial charge is 0.385 e. The van der Waals surface area contributed by atoms with Gasteiger partial charge < -0.3 is 10.1 Å². The van der Waals surface area contributed by atoms with Crippen LogP contribution in [0, 0.1) is 0 Å². The molecule has 0 aliphatic heterocycles. The lowest BCUT2D eigenvalue weighted by atomic mass is 10.3. The predicted octanol–water partition coefficient (Wildman–Crippen LogP) is 1.32. The van der Waals surface area contributed by atoms with Crippen molar-refractivity contribution < 1.29 is 13.2 Å². The van der Waals surface area contributed by atoms with E-state index >= 15 is 0 Å². The van der Waals surface area contributed by atoms with Gasteiger partial charge in [-0.15, -0.1) is 0 Å². The number of hydrogen-bond donors (Lipinski definition) is 1. The van der Waals surface area contributed by atoms with Crippen LogP contribution in [0.5, 0.6) is 0 Å². The van der Waals surface area contributed by atoms with Crippen molar-refractivity contribution in [2.75, 3.05) is 31.8 Å². The van der Waals surface area contributed by atoms with Crippen molar-refractivity contribution in [2.24, 2.45) is 0 Å². The number of ether oxygens (including phenoxy) is 1. The molecule has 1 heterocycles. The Balaban J connectivity index is 2.59. The van der Waals surface area contributed by atoms with Gasteiger partial charge in [-0.2, -0.15) is 0 Å². The highest BCUT2D eigenvalue weighted by Crippen LogP contribution is 2.17. The van der Waals surface area contributed by atoms with E-state index in [1.165, 1.54) is 6.26 Å². The van der Waals surface area contributed by atoms with Gasteiger partial charge in [0.05, 0.1) is 0 Å². The van der Waals surface area contributed by atoms with Crippen molar-refractivity contribution in [1.29, 1.82) is 0 Å². The molecule has 0 saturated heterocycles. The van der Waals surface area contributed by atoms with Crippen LogP contribution in [0.4, 0.5) is 5.82 Å². The van der Waals surface area contributed by atoms with E-state index in [1.54, 1.807) is 25.4 Å². The van der Waals surface area contributed by atoms with Crippen molar-refractivity contribution in [3.8, 4) is 0 Å². The lowest BCUT2D eigenvalue weighted by molar-refractivity contribution is 0.193. The van der Waals surface area contributed by atoms with E-state index < -0.39 is 9.84 Å². The molecule has 0 unspecified atom stereocenters. The molecule has 17 heavy (non-hydrogen) atoms. The Bertz CT molecular complexity index is 446. The van der Waals surface area contributed by atoms with Gasteiger partial charge in [-0.25, -0.2) is 13.4 Å². The molecule has 0 saturated carbocycles. The molecular weight excluding hydrogens is 240 g/mol. The summed E-state index contributed by atoms with van der Waals surface area (Å²) < 4.78 is 27.9. The van der Waals surface area contributed by atoms with E-state index in [2.05, 4.69) is 10.3 Å². The van der Waals surface area contributed by atoms with Crippen molar-refractivity contribution in [2.45, 2.75) is 17.7 Å². The topological polar surface area (TPSA) is 68.3 Å². The van der Waals surface area contributed by atoms with Crippen LogP contribution in [0.3, 0.4) is 0 Å². The van der Waals surface area contributed by atoms with Gasteiger partial charge in [-0.1, -0.05) is 0 Å². The molecule has 0 bridgehead atoms. The van der Waals surface area contributed by atoms with E-state index in [-0.39, 0.29) is 4.90 Å². The zero-order valence-corrected chi connectivity index (χ0v) is 11.0. The van der Waals surface area contributed by atoms with Gasteiger partial charge >= 0.3 is 0 Å². The highest BCUT2D eigenvalue weighted by Gasteiger charge is 2.12. The zero-order valence-electron chi connectivity index (χ0n) is 10.1. The second-order valence-electron chi connectivity index (χ2n) is 3.75. The number of pyridine rings is 1. The number of rotatable bonds is 7. The molecule has 0 atom stereocenters. The average Bonchev–Trinajstić information content (AvgIpc) is 2.28. The first-order valence-electron chi connectivity index (χ1n) is 5.43. The second kappa shape index (κ2) is 6.56. The molecule has 6 heteroatoms. The summed E-state index contributed by atoms with van der Waals surface area (Å²) in [6.07, 6.45) is 4.60. The van der Waals surface area contributed by atoms with E-state index in [4.69, 9.17) is 4.74 Å². The Hall–Kier alpha value is -1.14. The Morgan fingerprint density at radius 1 is 1.41 bits per heavy atom. The van der Waals surface area contributed by atoms with E-state index in [0.29, 0.717) is 19.0 Å². The van der Waals surface area contributed by atoms with Gasteiger partial charge in [0.25, 0.3) is 0 Å². The highest BCUT2D eigenvalue weighted by molar-refractivity contribution is 7.90. The maximum atomic E-state index is 11.5. The first-order valence-corrected chi connectivity index (χ1v) is 7.32. The minimum absolute atomic E-state index is 0.242. The molecular formula is C11H18N2O3S. The minimum atomic E-state index is -3.23. The fraction of sp³-hybridized carbons (Fsp3) is 0.545. The second-order valence-corrected chi connectivity index (χ2v) is 5.73. The number of nitrogens with zero attached hydrogens (tertiary/aromatic N) is 1. The summed E-state index contributed by atoms with van der Waals surface area (Å²) in [4.78, 5) is 4.28. The molecule has 0 fully saturated rings. The van der Waals surface area contributed by atoms with Gasteiger partial charge in [0, 0.05) is 32.7 Å². The van der Waals surface area contributed by atoms with Gasteiger partial charge in [0.15, 0.2) is 9.84 Å². The molecule has 1 rings (SSSR count). The van der Waals surface area contributed by atoms with Crippen LogP contribution in [0.15, 0.2) is 23.2 Å². The van der Waals surface area contributed by atoms with Crippen LogP contribution >= 0.6 is 0 Å². The van der Waals surface area contributed by atoms with Gasteiger partial charge in [0.2, 0.25) is 0 Å². The third-order valence-electron chi connectivity index (χ3n) is 2.24. The van der Waals surface area contributed by atoms with Crippen LogP contribution in [0.25, 0.3) is 0 Å². The van der Waals surface area contributed by atoms with Crippen molar-refractivity contribution >= 4 is 15.7 Å². The molecule has 5 nitrogen and oxygen atoms in total. The van der Waals surface area contributed by atoms with Crippen LogP contribution in [-0.4, -0.2) is 39.9 Å². The molecule has 0 aromatic carbocycles. The molecule has 96 valence electrons. The van der Waals surface area contributed by atoms with Crippen LogP contribution in [0.2, 0.25) is 0 Å². The van der Waals surface area contributed by atoms with Gasteiger partial charge in [-0.05, 0) is 25.0 Å². The van der Waals surface area contributed by atoms with Crippen LogP contribution < -0.4 is 5.32 Å². The number of hydrogen-bond acceptors (Lipinski definition) is 5. The third-order valence-corrected chi connectivity index (χ3v) is 3.37. The molecule has 1 aromatic rings. The molecule has 0 aliphatic carbocycles. The lowest BCUT2D eigenvalue weighted by Gasteiger charge is -2.09. The van der Waals surface area contributed by atoms with Crippen LogP contribution in [-0.2, 0) is 14.6 Å². The molecule has 1 N–H and O–H groups in total. The number of aromatic nitrogens is 1. The number of unbranched alkanes of at least 4 members (excludes halogenated alkanes) is 1. The van der Waals surface area contributed by atoms with E-state index in [1.807, 2.05) is 0 Å². The number of nitrogens with one attached hydrogen (secondary N) is 1. The summed E-state index contributed by atoms with van der Waals surface area (Å²) in [7, 11) is -1.57. The average molecular weight is 258 g/mol. The summed E-state index contributed by atoms with van der Waals surface area (Å²) in [5, 5.41) is 3.03. The summed E-state index contributed by atoms with van der Waals surface area (Å²) in [5.41, 5.74) is 0. The van der Waals surface area contributed by atoms with Gasteiger partial charge in [-0.3, -0.25) is 0 Å². The smallest absolute Gasteiger partial charge is 0.179 e. The Morgan fingerprint density at radius 2 is 2.18 bits per heavy atom. The fourth-order valence-corrected chi connectivity index (χ4v) is 2.20. The van der Waals surface area contributed by atoms with Crippen molar-refractivity contribution in [3.63, 3.8) is 0 Å². The summed E-state index contributed by atoms with van der Waals surface area (Å²) in [6, 6.07) is 3.17. The number of anilines is 1. The van der Waals surface area contributed by atoms with E-state index in [9.17, 15) is 8.42 Å². The van der Waals surface area contributed by atoms with Crippen molar-refractivity contribution in [1.82, 2.24) is 4.98 Å². The molecule has 0 radical (unpaired) electrons. The SMILES string of the molecule is COCCCCNc1ncccc1S(C)(=O)=O. The molecule has 0 spiro atoms. The molecule has 0 aliphatic rings. The fourth-order valence-electron chi connectivity index (χ4n) is 1.40. The zero-order chi connectivity index (χ0) is 12.7. The maximum absolute atomic E-state index is 11.5. The maximum Gasteiger partial charge on any atom is 0.179 e. The minimum Gasteiger partial charge on any atom is -0.385 e. The van der Waals surface area contributed by atoms with Crippen molar-refractivity contribution in [3.05, 3.63) is 18.3 Å². The summed E-state index contributed by atoms with van der Waals surface area (Å²) in [5.74, 6) is 0.424. The lowest BCUT2D eigenvalue weighted by Crippen LogP contribution is -2.09. The standard InChI is InChI=1S/C11H18N2O3S/c1-16-9-4-3-7-12-11-10(17(2,14)15)6-5-8-13-11/h5-6,8H,3-4,7,9H2,1-2H3,(H,12,13). The summed E-state index contributed by atoms with van der Waals surface area (Å²) >= 11 is 0. The summed E-state index contributed by atoms with van der Waals surface area (Å²) in [6.45, 7) is 1.39. The Kier molecular flexibility index (Phi) is 5.37. The quantitative estimate of drug-likeness (QED) is 0.747. The van der Waals surface area contributed by atoms with Crippen LogP contribution in [0.1, 0.15) is 12.8 Å². The Labute approximate surface area is 102 Å². The highest BCUT2D eigenvalue weighted by atomic mass is 32.2. The Morgan fingerprint density at radius 3 is 2.82 bits per heavy atom. The molecule has 0 amide bonds. The molecule has 1 aromatic heterocycles. The first-order chi connectivity index (χ1) is 8.05. The van der Waals surface area contributed by atoms with E-state index in [0.717, 1.165) is 12.8 Å². The number of methoxy groups -OCH3 is 1. The number of sulfone groups is 1. The predicted molar refractivity (Wildman–Crippen MR) is 66.9 cm³/mol. The monoisotopic (exact) mass is 258 g/mol. The van der Waals surface area contributed by atoms with Gasteiger partial charge in [0.1, 0.15) is 10.7 Å². The first kappa shape index (κ1) is 13.9. The third kappa shape index (κ3) is 4.70. The normalized spacial score (nSPS) is 11.4.